The van der Waals surface area contributed by atoms with E-state index in [1.54, 1.807) is 0 Å². The van der Waals surface area contributed by atoms with E-state index in [0.29, 0.717) is 18.6 Å². The van der Waals surface area contributed by atoms with Gasteiger partial charge < -0.3 is 4.74 Å². The summed E-state index contributed by atoms with van der Waals surface area (Å²) in [5.41, 5.74) is 0. The molecule has 14 heavy (non-hydrogen) atoms. The number of rotatable bonds is 2. The fourth-order valence-electron chi connectivity index (χ4n) is 1.60. The molecule has 1 atom stereocenters. The molecule has 0 aliphatic heterocycles. The molecule has 0 spiro atoms. The van der Waals surface area contributed by atoms with Crippen molar-refractivity contribution in [2.75, 3.05) is 0 Å². The summed E-state index contributed by atoms with van der Waals surface area (Å²) in [6.07, 6.45) is 2.14. The number of carbonyl (C=O) groups is 1. The minimum atomic E-state index is 0.0706. The first-order valence-electron chi connectivity index (χ1n) is 4.68. The lowest BCUT2D eigenvalue weighted by atomic mass is 10.3. The normalized spacial score (nSPS) is 21.2. The van der Waals surface area contributed by atoms with Gasteiger partial charge in [-0.25, -0.2) is 0 Å². The summed E-state index contributed by atoms with van der Waals surface area (Å²) in [6, 6.07) is 7.71. The van der Waals surface area contributed by atoms with Crippen molar-refractivity contribution in [2.24, 2.45) is 0 Å². The Morgan fingerprint density at radius 1 is 1.36 bits per heavy atom. The molecular weight excluding hydrogens is 244 g/mol. The van der Waals surface area contributed by atoms with Gasteiger partial charge in [0.1, 0.15) is 17.6 Å². The first-order chi connectivity index (χ1) is 6.75. The van der Waals surface area contributed by atoms with E-state index >= 15 is 0 Å². The molecule has 2 nitrogen and oxygen atoms in total. The van der Waals surface area contributed by atoms with Gasteiger partial charge in [0.25, 0.3) is 0 Å². The number of para-hydroxylation sites is 1. The number of halogens is 1. The Bertz CT molecular complexity index is 349. The average Bonchev–Trinajstić information content (AvgIpc) is 2.56. The van der Waals surface area contributed by atoms with Crippen molar-refractivity contribution in [3.63, 3.8) is 0 Å². The molecule has 1 fully saturated rings. The van der Waals surface area contributed by atoms with Crippen molar-refractivity contribution in [3.8, 4) is 5.75 Å². The molecule has 3 heteroatoms. The second-order valence-corrected chi connectivity index (χ2v) is 4.31. The van der Waals surface area contributed by atoms with Crippen molar-refractivity contribution in [3.05, 3.63) is 28.7 Å². The monoisotopic (exact) mass is 254 g/mol. The number of hydrogen-bond donors (Lipinski definition) is 0. The van der Waals surface area contributed by atoms with Crippen LogP contribution in [0.4, 0.5) is 0 Å². The Morgan fingerprint density at radius 2 is 2.14 bits per heavy atom. The van der Waals surface area contributed by atoms with Crippen molar-refractivity contribution < 1.29 is 9.53 Å². The molecular formula is C11H11BrO2. The maximum atomic E-state index is 11.0. The molecule has 0 heterocycles. The van der Waals surface area contributed by atoms with Crippen LogP contribution in [0, 0.1) is 0 Å². The third-order valence-electron chi connectivity index (χ3n) is 2.33. The maximum Gasteiger partial charge on any atom is 0.136 e. The van der Waals surface area contributed by atoms with Crippen LogP contribution in [0.1, 0.15) is 19.3 Å². The van der Waals surface area contributed by atoms with Gasteiger partial charge in [-0.05, 0) is 34.5 Å². The molecule has 0 N–H and O–H groups in total. The third-order valence-corrected chi connectivity index (χ3v) is 2.99. The summed E-state index contributed by atoms with van der Waals surface area (Å²) < 4.78 is 6.65. The Morgan fingerprint density at radius 3 is 2.79 bits per heavy atom. The van der Waals surface area contributed by atoms with E-state index in [4.69, 9.17) is 4.74 Å². The molecule has 1 aliphatic carbocycles. The van der Waals surface area contributed by atoms with Gasteiger partial charge in [-0.3, -0.25) is 4.79 Å². The van der Waals surface area contributed by atoms with E-state index in [1.807, 2.05) is 24.3 Å². The Labute approximate surface area is 91.4 Å². The van der Waals surface area contributed by atoms with Gasteiger partial charge in [-0.15, -0.1) is 0 Å². The van der Waals surface area contributed by atoms with Crippen LogP contribution in [-0.4, -0.2) is 11.9 Å². The second-order valence-electron chi connectivity index (χ2n) is 3.45. The summed E-state index contributed by atoms with van der Waals surface area (Å²) in [5.74, 6) is 1.13. The predicted octanol–water partition coefficient (Wildman–Crippen LogP) is 2.95. The number of Topliss-reactive ketones (excluding diaryl/α,β-unsaturated/α-hetero) is 1. The lowest BCUT2D eigenvalue weighted by Crippen LogP contribution is -2.12. The average molecular weight is 255 g/mol. The number of hydrogen-bond acceptors (Lipinski definition) is 2. The highest BCUT2D eigenvalue weighted by molar-refractivity contribution is 9.10. The van der Waals surface area contributed by atoms with Gasteiger partial charge in [-0.2, -0.15) is 0 Å². The maximum absolute atomic E-state index is 11.0. The molecule has 1 aromatic rings. The zero-order valence-corrected chi connectivity index (χ0v) is 9.29. The molecule has 1 saturated carbocycles. The molecule has 0 amide bonds. The fraction of sp³-hybridized carbons (Fsp3) is 0.364. The predicted molar refractivity (Wildman–Crippen MR) is 57.4 cm³/mol. The van der Waals surface area contributed by atoms with Crippen LogP contribution in [0.5, 0.6) is 5.75 Å². The van der Waals surface area contributed by atoms with E-state index in [2.05, 4.69) is 15.9 Å². The van der Waals surface area contributed by atoms with Crippen LogP contribution in [0.2, 0.25) is 0 Å². The van der Waals surface area contributed by atoms with Gasteiger partial charge >= 0.3 is 0 Å². The first-order valence-corrected chi connectivity index (χ1v) is 5.48. The van der Waals surface area contributed by atoms with E-state index in [-0.39, 0.29) is 6.10 Å². The summed E-state index contributed by atoms with van der Waals surface area (Å²) >= 11 is 3.41. The van der Waals surface area contributed by atoms with Crippen LogP contribution >= 0.6 is 15.9 Å². The van der Waals surface area contributed by atoms with E-state index in [9.17, 15) is 4.79 Å². The molecule has 1 aromatic carbocycles. The van der Waals surface area contributed by atoms with E-state index in [0.717, 1.165) is 16.6 Å². The third kappa shape index (κ3) is 2.15. The van der Waals surface area contributed by atoms with Crippen LogP contribution in [0.25, 0.3) is 0 Å². The lowest BCUT2D eigenvalue weighted by molar-refractivity contribution is -0.117. The SMILES string of the molecule is O=C1CCC(Oc2ccccc2Br)C1. The largest absolute Gasteiger partial charge is 0.489 e. The molecule has 0 radical (unpaired) electrons. The van der Waals surface area contributed by atoms with Crippen LogP contribution in [0.15, 0.2) is 28.7 Å². The molecule has 74 valence electrons. The standard InChI is InChI=1S/C11H11BrO2/c12-10-3-1-2-4-11(10)14-9-6-5-8(13)7-9/h1-4,9H,5-7H2. The Hall–Kier alpha value is -0.830. The Kier molecular flexibility index (Phi) is 2.87. The molecule has 1 aliphatic rings. The van der Waals surface area contributed by atoms with E-state index < -0.39 is 0 Å². The van der Waals surface area contributed by atoms with Crippen LogP contribution in [0.3, 0.4) is 0 Å². The van der Waals surface area contributed by atoms with Gasteiger partial charge in [-0.1, -0.05) is 12.1 Å². The fourth-order valence-corrected chi connectivity index (χ4v) is 1.98. The number of ether oxygens (including phenoxy) is 1. The summed E-state index contributed by atoms with van der Waals surface area (Å²) in [4.78, 5) is 11.0. The van der Waals surface area contributed by atoms with Crippen LogP contribution < -0.4 is 4.74 Å². The molecule has 2 rings (SSSR count). The smallest absolute Gasteiger partial charge is 0.136 e. The van der Waals surface area contributed by atoms with Crippen molar-refractivity contribution in [2.45, 2.75) is 25.4 Å². The number of benzene rings is 1. The first kappa shape index (κ1) is 9.71. The van der Waals surface area contributed by atoms with Crippen molar-refractivity contribution in [1.82, 2.24) is 0 Å². The van der Waals surface area contributed by atoms with Gasteiger partial charge in [0.05, 0.1) is 4.47 Å². The van der Waals surface area contributed by atoms with Gasteiger partial charge in [0.15, 0.2) is 0 Å². The number of carbonyl (C=O) groups excluding carboxylic acids is 1. The molecule has 1 unspecified atom stereocenters. The van der Waals surface area contributed by atoms with Gasteiger partial charge in [0, 0.05) is 12.8 Å². The summed E-state index contributed by atoms with van der Waals surface area (Å²) in [7, 11) is 0. The molecule has 0 saturated heterocycles. The van der Waals surface area contributed by atoms with Crippen molar-refractivity contribution in [1.29, 1.82) is 0 Å². The minimum Gasteiger partial charge on any atom is -0.489 e. The topological polar surface area (TPSA) is 26.3 Å². The van der Waals surface area contributed by atoms with Crippen molar-refractivity contribution >= 4 is 21.7 Å². The Balaban J connectivity index is 2.04. The zero-order valence-electron chi connectivity index (χ0n) is 7.70. The molecule has 0 bridgehead atoms. The van der Waals surface area contributed by atoms with E-state index in [1.165, 1.54) is 0 Å². The highest BCUT2D eigenvalue weighted by atomic mass is 79.9. The quantitative estimate of drug-likeness (QED) is 0.812. The summed E-state index contributed by atoms with van der Waals surface area (Å²) in [6.45, 7) is 0. The van der Waals surface area contributed by atoms with Crippen LogP contribution in [-0.2, 0) is 4.79 Å². The minimum absolute atomic E-state index is 0.0706. The number of ketones is 1. The van der Waals surface area contributed by atoms with Gasteiger partial charge in [0.2, 0.25) is 0 Å². The highest BCUT2D eigenvalue weighted by Crippen LogP contribution is 2.28. The lowest BCUT2D eigenvalue weighted by Gasteiger charge is -2.13. The second kappa shape index (κ2) is 4.13. The molecule has 0 aromatic heterocycles. The zero-order chi connectivity index (χ0) is 9.97. The summed E-state index contributed by atoms with van der Waals surface area (Å²) in [5, 5.41) is 0. The highest BCUT2D eigenvalue weighted by Gasteiger charge is 2.23.